The average molecular weight is 378 g/mol. The van der Waals surface area contributed by atoms with Gasteiger partial charge in [0.15, 0.2) is 0 Å². The van der Waals surface area contributed by atoms with Crippen molar-refractivity contribution in [3.63, 3.8) is 0 Å². The van der Waals surface area contributed by atoms with Gasteiger partial charge < -0.3 is 5.32 Å². The Bertz CT molecular complexity index is 969. The molecule has 0 aliphatic rings. The minimum absolute atomic E-state index is 0.0977. The second-order valence-electron chi connectivity index (χ2n) is 5.53. The maximum absolute atomic E-state index is 14.1. The molecule has 0 saturated heterocycles. The molecule has 25 heavy (non-hydrogen) atoms. The fourth-order valence-electron chi connectivity index (χ4n) is 2.60. The molecule has 0 aliphatic carbocycles. The summed E-state index contributed by atoms with van der Waals surface area (Å²) in [6.45, 7) is 1.58. The van der Waals surface area contributed by atoms with Gasteiger partial charge in [-0.3, -0.25) is 4.79 Å². The van der Waals surface area contributed by atoms with E-state index in [-0.39, 0.29) is 5.56 Å². The number of carbonyl (C=O) groups is 1. The first-order valence-corrected chi connectivity index (χ1v) is 8.18. The molecule has 0 bridgehead atoms. The lowest BCUT2D eigenvalue weighted by Crippen LogP contribution is -2.15. The van der Waals surface area contributed by atoms with E-state index in [1.807, 2.05) is 12.1 Å². The van der Waals surface area contributed by atoms with E-state index >= 15 is 0 Å². The molecule has 0 atom stereocenters. The van der Waals surface area contributed by atoms with Crippen LogP contribution >= 0.6 is 23.2 Å². The maximum atomic E-state index is 14.1. The summed E-state index contributed by atoms with van der Waals surface area (Å²) >= 11 is 12.1. The molecule has 0 fully saturated rings. The molecule has 0 radical (unpaired) electrons. The Morgan fingerprint density at radius 2 is 1.88 bits per heavy atom. The Morgan fingerprint density at radius 1 is 1.16 bits per heavy atom. The van der Waals surface area contributed by atoms with E-state index < -0.39 is 11.9 Å². The normalized spacial score (nSPS) is 10.8. The van der Waals surface area contributed by atoms with Crippen LogP contribution in [0.2, 0.25) is 10.0 Å². The number of hydrogen-bond donors (Lipinski definition) is 1. The van der Waals surface area contributed by atoms with Crippen molar-refractivity contribution in [3.8, 4) is 11.1 Å². The summed E-state index contributed by atoms with van der Waals surface area (Å²) in [7, 11) is 1.44. The second kappa shape index (κ2) is 6.86. The van der Waals surface area contributed by atoms with Gasteiger partial charge in [0.2, 0.25) is 5.95 Å². The third-order valence-corrected chi connectivity index (χ3v) is 4.21. The number of aromatic nitrogens is 2. The van der Waals surface area contributed by atoms with Gasteiger partial charge >= 0.3 is 0 Å². The number of hydrogen-bond acceptors (Lipinski definition) is 2. The van der Waals surface area contributed by atoms with Crippen LogP contribution in [0.4, 0.5) is 10.1 Å². The van der Waals surface area contributed by atoms with Crippen LogP contribution in [-0.2, 0) is 7.05 Å². The van der Waals surface area contributed by atoms with E-state index in [0.29, 0.717) is 21.4 Å². The zero-order chi connectivity index (χ0) is 18.1. The maximum Gasteiger partial charge on any atom is 0.262 e. The lowest BCUT2D eigenvalue weighted by atomic mass is 10.0. The standard InChI is InChI=1S/C18H14Cl2FN3O/c1-10-16(17(21)24(2)23-10)18(25)22-15-9-13(20)6-7-14(15)11-4-3-5-12(19)8-11/h3-9H,1-2H3,(H,22,25). The molecule has 128 valence electrons. The van der Waals surface area contributed by atoms with Crippen molar-refractivity contribution in [1.29, 1.82) is 0 Å². The molecule has 3 aromatic rings. The van der Waals surface area contributed by atoms with Gasteiger partial charge in [0, 0.05) is 22.7 Å². The highest BCUT2D eigenvalue weighted by atomic mass is 35.5. The Labute approximate surface area is 154 Å². The number of nitrogens with one attached hydrogen (secondary N) is 1. The Hall–Kier alpha value is -2.37. The minimum Gasteiger partial charge on any atom is -0.321 e. The summed E-state index contributed by atoms with van der Waals surface area (Å²) in [4.78, 5) is 12.6. The van der Waals surface area contributed by atoms with Gasteiger partial charge in [-0.1, -0.05) is 41.4 Å². The van der Waals surface area contributed by atoms with Gasteiger partial charge in [0.25, 0.3) is 5.91 Å². The van der Waals surface area contributed by atoms with E-state index in [9.17, 15) is 9.18 Å². The number of rotatable bonds is 3. The quantitative estimate of drug-likeness (QED) is 0.690. The van der Waals surface area contributed by atoms with E-state index in [1.165, 1.54) is 7.05 Å². The van der Waals surface area contributed by atoms with Crippen LogP contribution in [0.25, 0.3) is 11.1 Å². The van der Waals surface area contributed by atoms with Crippen molar-refractivity contribution in [3.05, 3.63) is 69.7 Å². The van der Waals surface area contributed by atoms with Crippen LogP contribution < -0.4 is 5.32 Å². The third-order valence-electron chi connectivity index (χ3n) is 3.74. The van der Waals surface area contributed by atoms with E-state index in [1.54, 1.807) is 37.3 Å². The molecule has 1 aromatic heterocycles. The topological polar surface area (TPSA) is 46.9 Å². The van der Waals surface area contributed by atoms with Gasteiger partial charge in [0.05, 0.1) is 11.4 Å². The number of anilines is 1. The molecule has 0 spiro atoms. The van der Waals surface area contributed by atoms with E-state index in [4.69, 9.17) is 23.2 Å². The number of aryl methyl sites for hydroxylation is 2. The first kappa shape index (κ1) is 17.5. The Kier molecular flexibility index (Phi) is 4.79. The number of nitrogens with zero attached hydrogens (tertiary/aromatic N) is 2. The molecule has 1 N–H and O–H groups in total. The highest BCUT2D eigenvalue weighted by Gasteiger charge is 2.21. The van der Waals surface area contributed by atoms with Gasteiger partial charge in [-0.25, -0.2) is 4.68 Å². The minimum atomic E-state index is -0.693. The predicted octanol–water partition coefficient (Wildman–Crippen LogP) is 5.09. The Balaban J connectivity index is 2.02. The van der Waals surface area contributed by atoms with Crippen molar-refractivity contribution >= 4 is 34.8 Å². The third kappa shape index (κ3) is 3.52. The fourth-order valence-corrected chi connectivity index (χ4v) is 2.96. The smallest absolute Gasteiger partial charge is 0.262 e. The summed E-state index contributed by atoms with van der Waals surface area (Å²) in [5, 5.41) is 7.66. The number of amides is 1. The molecule has 1 heterocycles. The fraction of sp³-hybridized carbons (Fsp3) is 0.111. The molecule has 4 nitrogen and oxygen atoms in total. The molecule has 0 saturated carbocycles. The first-order valence-electron chi connectivity index (χ1n) is 7.42. The van der Waals surface area contributed by atoms with Crippen LogP contribution in [0.3, 0.4) is 0 Å². The number of benzene rings is 2. The van der Waals surface area contributed by atoms with Crippen molar-refractivity contribution < 1.29 is 9.18 Å². The second-order valence-corrected chi connectivity index (χ2v) is 6.40. The summed E-state index contributed by atoms with van der Waals surface area (Å²) < 4.78 is 15.2. The molecule has 2 aromatic carbocycles. The molecule has 7 heteroatoms. The zero-order valence-corrected chi connectivity index (χ0v) is 15.0. The lowest BCUT2D eigenvalue weighted by molar-refractivity contribution is 0.102. The van der Waals surface area contributed by atoms with Crippen LogP contribution in [0.15, 0.2) is 42.5 Å². The lowest BCUT2D eigenvalue weighted by Gasteiger charge is -2.12. The summed E-state index contributed by atoms with van der Waals surface area (Å²) in [6.07, 6.45) is 0. The van der Waals surface area contributed by atoms with Crippen molar-refractivity contribution in [1.82, 2.24) is 9.78 Å². The van der Waals surface area contributed by atoms with E-state index in [0.717, 1.165) is 15.8 Å². The van der Waals surface area contributed by atoms with Crippen molar-refractivity contribution in [2.75, 3.05) is 5.32 Å². The van der Waals surface area contributed by atoms with Gasteiger partial charge in [0.1, 0.15) is 5.56 Å². The molecular weight excluding hydrogens is 364 g/mol. The monoisotopic (exact) mass is 377 g/mol. The van der Waals surface area contributed by atoms with Crippen LogP contribution in [0, 0.1) is 12.9 Å². The Morgan fingerprint density at radius 3 is 2.52 bits per heavy atom. The SMILES string of the molecule is Cc1nn(C)c(F)c1C(=O)Nc1cc(Cl)ccc1-c1cccc(Cl)c1. The van der Waals surface area contributed by atoms with Crippen LogP contribution in [0.1, 0.15) is 16.1 Å². The summed E-state index contributed by atoms with van der Waals surface area (Å²) in [5.74, 6) is -1.28. The highest BCUT2D eigenvalue weighted by Crippen LogP contribution is 2.32. The van der Waals surface area contributed by atoms with E-state index in [2.05, 4.69) is 10.4 Å². The average Bonchev–Trinajstić information content (AvgIpc) is 2.80. The predicted molar refractivity (Wildman–Crippen MR) is 97.8 cm³/mol. The highest BCUT2D eigenvalue weighted by molar-refractivity contribution is 6.31. The zero-order valence-electron chi connectivity index (χ0n) is 13.5. The van der Waals surface area contributed by atoms with Crippen molar-refractivity contribution in [2.24, 2.45) is 7.05 Å². The summed E-state index contributed by atoms with van der Waals surface area (Å²) in [5.41, 5.74) is 2.20. The van der Waals surface area contributed by atoms with Gasteiger partial charge in [-0.05, 0) is 36.8 Å². The van der Waals surface area contributed by atoms with Crippen LogP contribution in [-0.4, -0.2) is 15.7 Å². The van der Waals surface area contributed by atoms with Crippen molar-refractivity contribution in [2.45, 2.75) is 6.92 Å². The number of halogens is 3. The van der Waals surface area contributed by atoms with Gasteiger partial charge in [-0.2, -0.15) is 9.49 Å². The van der Waals surface area contributed by atoms with Crippen LogP contribution in [0.5, 0.6) is 0 Å². The number of carbonyl (C=O) groups excluding carboxylic acids is 1. The summed E-state index contributed by atoms with van der Waals surface area (Å²) in [6, 6.07) is 12.3. The van der Waals surface area contributed by atoms with Gasteiger partial charge in [-0.15, -0.1) is 0 Å². The largest absolute Gasteiger partial charge is 0.321 e. The molecule has 3 rings (SSSR count). The molecule has 0 unspecified atom stereocenters. The molecular formula is C18H14Cl2FN3O. The molecule has 0 aliphatic heterocycles. The first-order chi connectivity index (χ1) is 11.9. The molecule has 1 amide bonds.